The van der Waals surface area contributed by atoms with E-state index in [4.69, 9.17) is 0 Å². The normalized spacial score (nSPS) is 11.7. The van der Waals surface area contributed by atoms with Crippen LogP contribution in [0.2, 0.25) is 0 Å². The predicted octanol–water partition coefficient (Wildman–Crippen LogP) is 3.00. The molecule has 1 heterocycles. The molecule has 0 N–H and O–H groups in total. The van der Waals surface area contributed by atoms with E-state index in [0.717, 1.165) is 4.88 Å². The fourth-order valence-corrected chi connectivity index (χ4v) is 1.28. The van der Waals surface area contributed by atoms with Gasteiger partial charge in [0.25, 0.3) is 0 Å². The van der Waals surface area contributed by atoms with Gasteiger partial charge in [0, 0.05) is 10.3 Å². The molecule has 0 aliphatic carbocycles. The van der Waals surface area contributed by atoms with Gasteiger partial charge in [0.1, 0.15) is 5.75 Å². The van der Waals surface area contributed by atoms with E-state index in [9.17, 15) is 13.2 Å². The van der Waals surface area contributed by atoms with Crippen molar-refractivity contribution in [2.75, 3.05) is 6.61 Å². The van der Waals surface area contributed by atoms with Gasteiger partial charge >= 0.3 is 6.18 Å². The number of ether oxygens (including phenoxy) is 1. The van der Waals surface area contributed by atoms with Gasteiger partial charge < -0.3 is 4.74 Å². The standard InChI is InChI=1S/C7H7F3OS/c1-5-2-6(3-12-5)11-4-7(8,9)10/h2-3H,4H2,1H3. The van der Waals surface area contributed by atoms with Crippen molar-refractivity contribution >= 4 is 11.3 Å². The number of halogens is 3. The van der Waals surface area contributed by atoms with Crippen LogP contribution in [0.4, 0.5) is 13.2 Å². The number of rotatable bonds is 2. The van der Waals surface area contributed by atoms with E-state index in [1.165, 1.54) is 11.3 Å². The lowest BCUT2D eigenvalue weighted by Crippen LogP contribution is -2.18. The molecule has 1 nitrogen and oxygen atoms in total. The van der Waals surface area contributed by atoms with Crippen molar-refractivity contribution in [3.63, 3.8) is 0 Å². The molecule has 1 aromatic rings. The van der Waals surface area contributed by atoms with E-state index in [1.54, 1.807) is 11.4 Å². The van der Waals surface area contributed by atoms with Crippen LogP contribution in [0.5, 0.6) is 5.75 Å². The lowest BCUT2D eigenvalue weighted by Gasteiger charge is -2.06. The van der Waals surface area contributed by atoms with Gasteiger partial charge in [0.2, 0.25) is 0 Å². The van der Waals surface area contributed by atoms with Crippen molar-refractivity contribution in [1.82, 2.24) is 0 Å². The number of hydrogen-bond acceptors (Lipinski definition) is 2. The molecule has 0 aliphatic rings. The maximum absolute atomic E-state index is 11.6. The summed E-state index contributed by atoms with van der Waals surface area (Å²) in [7, 11) is 0. The van der Waals surface area contributed by atoms with E-state index in [1.807, 2.05) is 6.92 Å². The summed E-state index contributed by atoms with van der Waals surface area (Å²) in [6, 6.07) is 1.58. The van der Waals surface area contributed by atoms with Crippen LogP contribution in [0.3, 0.4) is 0 Å². The quantitative estimate of drug-likeness (QED) is 0.706. The molecule has 12 heavy (non-hydrogen) atoms. The van der Waals surface area contributed by atoms with Crippen LogP contribution >= 0.6 is 11.3 Å². The van der Waals surface area contributed by atoms with Gasteiger partial charge in [-0.2, -0.15) is 13.2 Å². The minimum atomic E-state index is -4.25. The summed E-state index contributed by atoms with van der Waals surface area (Å²) in [5.74, 6) is 0.287. The Hall–Kier alpha value is -0.710. The molecule has 0 saturated heterocycles. The SMILES string of the molecule is Cc1cc(OCC(F)(F)F)cs1. The Bertz CT molecular complexity index is 253. The molecular weight excluding hydrogens is 189 g/mol. The van der Waals surface area contributed by atoms with E-state index < -0.39 is 12.8 Å². The second-order valence-corrected chi connectivity index (χ2v) is 3.41. The fourth-order valence-electron chi connectivity index (χ4n) is 0.660. The highest BCUT2D eigenvalue weighted by Gasteiger charge is 2.28. The molecule has 0 atom stereocenters. The first kappa shape index (κ1) is 9.38. The first-order valence-electron chi connectivity index (χ1n) is 3.22. The summed E-state index contributed by atoms with van der Waals surface area (Å²) in [5.41, 5.74) is 0. The van der Waals surface area contributed by atoms with Gasteiger partial charge in [-0.25, -0.2) is 0 Å². The molecule has 1 aromatic heterocycles. The summed E-state index contributed by atoms with van der Waals surface area (Å²) in [6.45, 7) is 0.592. The van der Waals surface area contributed by atoms with Crippen LogP contribution < -0.4 is 4.74 Å². The van der Waals surface area contributed by atoms with Crippen molar-refractivity contribution in [2.24, 2.45) is 0 Å². The monoisotopic (exact) mass is 196 g/mol. The van der Waals surface area contributed by atoms with Gasteiger partial charge in [0.05, 0.1) is 0 Å². The number of alkyl halides is 3. The summed E-state index contributed by atoms with van der Waals surface area (Å²) in [5, 5.41) is 1.56. The highest BCUT2D eigenvalue weighted by Crippen LogP contribution is 2.23. The topological polar surface area (TPSA) is 9.23 Å². The molecule has 5 heteroatoms. The minimum Gasteiger partial charge on any atom is -0.483 e. The summed E-state index contributed by atoms with van der Waals surface area (Å²) in [4.78, 5) is 0.937. The first-order valence-corrected chi connectivity index (χ1v) is 4.10. The molecule has 0 unspecified atom stereocenters. The fraction of sp³-hybridized carbons (Fsp3) is 0.429. The van der Waals surface area contributed by atoms with Gasteiger partial charge in [-0.3, -0.25) is 0 Å². The Morgan fingerprint density at radius 3 is 2.58 bits per heavy atom. The Labute approximate surface area is 71.8 Å². The second-order valence-electron chi connectivity index (χ2n) is 2.30. The highest BCUT2D eigenvalue weighted by atomic mass is 32.1. The van der Waals surface area contributed by atoms with Crippen LogP contribution in [0.1, 0.15) is 4.88 Å². The zero-order chi connectivity index (χ0) is 9.19. The lowest BCUT2D eigenvalue weighted by molar-refractivity contribution is -0.153. The molecule has 0 spiro atoms. The van der Waals surface area contributed by atoms with E-state index >= 15 is 0 Å². The van der Waals surface area contributed by atoms with E-state index in [0.29, 0.717) is 0 Å². The third-order valence-electron chi connectivity index (χ3n) is 1.11. The number of thiophene rings is 1. The molecule has 68 valence electrons. The Balaban J connectivity index is 2.44. The smallest absolute Gasteiger partial charge is 0.422 e. The van der Waals surface area contributed by atoms with E-state index in [2.05, 4.69) is 4.74 Å². The average molecular weight is 196 g/mol. The molecule has 0 aromatic carbocycles. The molecule has 0 saturated carbocycles. The van der Waals surface area contributed by atoms with Crippen molar-refractivity contribution in [3.8, 4) is 5.75 Å². The van der Waals surface area contributed by atoms with Crippen LogP contribution in [-0.2, 0) is 0 Å². The zero-order valence-electron chi connectivity index (χ0n) is 6.31. The van der Waals surface area contributed by atoms with Crippen LogP contribution in [0.15, 0.2) is 11.4 Å². The molecular formula is C7H7F3OS. The van der Waals surface area contributed by atoms with Crippen LogP contribution in [0, 0.1) is 6.92 Å². The molecule has 0 aliphatic heterocycles. The minimum absolute atomic E-state index is 0.287. The molecule has 0 radical (unpaired) electrons. The van der Waals surface area contributed by atoms with Crippen LogP contribution in [0.25, 0.3) is 0 Å². The molecule has 1 rings (SSSR count). The van der Waals surface area contributed by atoms with Crippen molar-refractivity contribution in [3.05, 3.63) is 16.3 Å². The lowest BCUT2D eigenvalue weighted by atomic mass is 10.5. The maximum Gasteiger partial charge on any atom is 0.422 e. The second kappa shape index (κ2) is 3.35. The Morgan fingerprint density at radius 1 is 1.50 bits per heavy atom. The molecule has 0 fully saturated rings. The zero-order valence-corrected chi connectivity index (χ0v) is 7.13. The predicted molar refractivity (Wildman–Crippen MR) is 40.6 cm³/mol. The Kier molecular flexibility index (Phi) is 2.62. The van der Waals surface area contributed by atoms with E-state index in [-0.39, 0.29) is 5.75 Å². The summed E-state index contributed by atoms with van der Waals surface area (Å²) < 4.78 is 39.4. The van der Waals surface area contributed by atoms with Gasteiger partial charge in [-0.05, 0) is 13.0 Å². The molecule has 0 amide bonds. The van der Waals surface area contributed by atoms with Gasteiger partial charge in [0.15, 0.2) is 6.61 Å². The summed E-state index contributed by atoms with van der Waals surface area (Å²) >= 11 is 1.36. The largest absolute Gasteiger partial charge is 0.483 e. The van der Waals surface area contributed by atoms with Crippen molar-refractivity contribution in [2.45, 2.75) is 13.1 Å². The third-order valence-corrected chi connectivity index (χ3v) is 1.95. The number of aryl methyl sites for hydroxylation is 1. The van der Waals surface area contributed by atoms with Crippen molar-refractivity contribution in [1.29, 1.82) is 0 Å². The Morgan fingerprint density at radius 2 is 2.17 bits per heavy atom. The van der Waals surface area contributed by atoms with Crippen LogP contribution in [-0.4, -0.2) is 12.8 Å². The third kappa shape index (κ3) is 3.13. The molecule has 0 bridgehead atoms. The first-order chi connectivity index (χ1) is 5.47. The van der Waals surface area contributed by atoms with Crippen molar-refractivity contribution < 1.29 is 17.9 Å². The van der Waals surface area contributed by atoms with Gasteiger partial charge in [-0.1, -0.05) is 0 Å². The maximum atomic E-state index is 11.6. The summed E-state index contributed by atoms with van der Waals surface area (Å²) in [6.07, 6.45) is -4.25. The highest BCUT2D eigenvalue weighted by molar-refractivity contribution is 7.10. The van der Waals surface area contributed by atoms with Gasteiger partial charge in [-0.15, -0.1) is 11.3 Å². The average Bonchev–Trinajstić information content (AvgIpc) is 2.30. The number of hydrogen-bond donors (Lipinski definition) is 0.